The van der Waals surface area contributed by atoms with Crippen molar-refractivity contribution in [1.29, 1.82) is 0 Å². The highest BCUT2D eigenvalue weighted by molar-refractivity contribution is 5.87. The van der Waals surface area contributed by atoms with Gasteiger partial charge in [-0.15, -0.1) is 0 Å². The number of rotatable bonds is 0. The van der Waals surface area contributed by atoms with E-state index in [4.69, 9.17) is 4.84 Å². The van der Waals surface area contributed by atoms with Gasteiger partial charge in [-0.05, 0) is 16.8 Å². The second-order valence-corrected chi connectivity index (χ2v) is 3.32. The van der Waals surface area contributed by atoms with Gasteiger partial charge in [0.2, 0.25) is 0 Å². The smallest absolute Gasteiger partial charge is 0.154 e. The van der Waals surface area contributed by atoms with Crippen molar-refractivity contribution in [2.75, 3.05) is 0 Å². The maximum Gasteiger partial charge on any atom is 0.154 e. The third-order valence-corrected chi connectivity index (χ3v) is 2.50. The molecule has 3 heteroatoms. The van der Waals surface area contributed by atoms with Gasteiger partial charge in [0.15, 0.2) is 5.75 Å². The Morgan fingerprint density at radius 3 is 3.00 bits per heavy atom. The molecule has 0 aromatic heterocycles. The zero-order chi connectivity index (χ0) is 9.38. The quantitative estimate of drug-likeness (QED) is 0.657. The van der Waals surface area contributed by atoms with E-state index in [1.165, 1.54) is 16.3 Å². The average molecular weight is 186 g/mol. The molecule has 0 unspecified atom stereocenters. The second-order valence-electron chi connectivity index (χ2n) is 3.32. The molecular formula is C11H10N2O. The number of fused-ring (bicyclic) bond motifs is 3. The largest absolute Gasteiger partial charge is 0.394 e. The van der Waals surface area contributed by atoms with Crippen LogP contribution >= 0.6 is 0 Å². The lowest BCUT2D eigenvalue weighted by Gasteiger charge is -2.19. The minimum Gasteiger partial charge on any atom is -0.394 e. The van der Waals surface area contributed by atoms with Crippen LogP contribution in [-0.4, -0.2) is 0 Å². The summed E-state index contributed by atoms with van der Waals surface area (Å²) in [6.45, 7) is 0.788. The molecular weight excluding hydrogens is 176 g/mol. The Kier molecular flexibility index (Phi) is 1.65. The highest BCUT2D eigenvalue weighted by Crippen LogP contribution is 2.28. The molecule has 0 bridgehead atoms. The van der Waals surface area contributed by atoms with E-state index in [9.17, 15) is 0 Å². The summed E-state index contributed by atoms with van der Waals surface area (Å²) >= 11 is 0. The molecule has 2 aromatic carbocycles. The molecule has 0 saturated carbocycles. The summed E-state index contributed by atoms with van der Waals surface area (Å²) in [4.78, 5) is 5.27. The molecule has 0 fully saturated rings. The summed E-state index contributed by atoms with van der Waals surface area (Å²) in [6, 6.07) is 12.4. The number of benzene rings is 2. The lowest BCUT2D eigenvalue weighted by molar-refractivity contribution is 0.127. The van der Waals surface area contributed by atoms with Crippen molar-refractivity contribution in [3.05, 3.63) is 42.0 Å². The standard InChI is InChI=1S/C11H10N2O/c1-2-4-9-8(3-1)5-6-11-10(9)7-12-13-14-11/h1-6,12-13H,7H2. The number of hydrogen-bond donors (Lipinski definition) is 2. The van der Waals surface area contributed by atoms with Crippen LogP contribution in [0.15, 0.2) is 36.4 Å². The van der Waals surface area contributed by atoms with Gasteiger partial charge in [-0.25, -0.2) is 5.43 Å². The van der Waals surface area contributed by atoms with Crippen molar-refractivity contribution in [1.82, 2.24) is 11.0 Å². The lowest BCUT2D eigenvalue weighted by atomic mass is 10.0. The fraction of sp³-hybridized carbons (Fsp3) is 0.0909. The molecule has 0 radical (unpaired) electrons. The predicted octanol–water partition coefficient (Wildman–Crippen LogP) is 1.74. The van der Waals surface area contributed by atoms with Crippen LogP contribution in [0.2, 0.25) is 0 Å². The molecule has 1 heterocycles. The third kappa shape index (κ3) is 1.07. The monoisotopic (exact) mass is 186 g/mol. The highest BCUT2D eigenvalue weighted by atomic mass is 16.7. The first-order valence-electron chi connectivity index (χ1n) is 4.60. The Morgan fingerprint density at radius 1 is 1.07 bits per heavy atom. The number of nitrogens with one attached hydrogen (secondary N) is 2. The van der Waals surface area contributed by atoms with Crippen LogP contribution < -0.4 is 15.9 Å². The van der Waals surface area contributed by atoms with E-state index < -0.39 is 0 Å². The summed E-state index contributed by atoms with van der Waals surface area (Å²) in [6.07, 6.45) is 0. The fourth-order valence-corrected chi connectivity index (χ4v) is 1.81. The Bertz CT molecular complexity index is 482. The molecule has 1 aliphatic rings. The van der Waals surface area contributed by atoms with Crippen LogP contribution in [0.1, 0.15) is 5.56 Å². The molecule has 70 valence electrons. The molecule has 3 rings (SSSR count). The molecule has 3 nitrogen and oxygen atoms in total. The Labute approximate surface area is 81.6 Å². The van der Waals surface area contributed by atoms with Crippen LogP contribution in [0.3, 0.4) is 0 Å². The van der Waals surface area contributed by atoms with E-state index in [1.54, 1.807) is 0 Å². The summed E-state index contributed by atoms with van der Waals surface area (Å²) in [5, 5.41) is 2.50. The third-order valence-electron chi connectivity index (χ3n) is 2.50. The zero-order valence-corrected chi connectivity index (χ0v) is 7.58. The molecule has 2 aromatic rings. The van der Waals surface area contributed by atoms with Gasteiger partial charge < -0.3 is 4.84 Å². The van der Waals surface area contributed by atoms with E-state index in [0.29, 0.717) is 0 Å². The maximum absolute atomic E-state index is 5.27. The molecule has 0 atom stereocenters. The molecule has 0 amide bonds. The van der Waals surface area contributed by atoms with Crippen molar-refractivity contribution >= 4 is 10.8 Å². The molecule has 14 heavy (non-hydrogen) atoms. The van der Waals surface area contributed by atoms with Gasteiger partial charge in [-0.1, -0.05) is 35.9 Å². The summed E-state index contributed by atoms with van der Waals surface area (Å²) in [7, 11) is 0. The van der Waals surface area contributed by atoms with Gasteiger partial charge >= 0.3 is 0 Å². The van der Waals surface area contributed by atoms with Crippen molar-refractivity contribution in [2.24, 2.45) is 0 Å². The van der Waals surface area contributed by atoms with Crippen LogP contribution in [-0.2, 0) is 6.54 Å². The predicted molar refractivity (Wildman–Crippen MR) is 54.6 cm³/mol. The van der Waals surface area contributed by atoms with Gasteiger partial charge in [-0.3, -0.25) is 0 Å². The van der Waals surface area contributed by atoms with Crippen LogP contribution in [0.25, 0.3) is 10.8 Å². The summed E-state index contributed by atoms with van der Waals surface area (Å²) in [5.41, 5.74) is 6.83. The van der Waals surface area contributed by atoms with Gasteiger partial charge in [0.1, 0.15) is 0 Å². The molecule has 2 N–H and O–H groups in total. The minimum absolute atomic E-state index is 0.788. The van der Waals surface area contributed by atoms with E-state index in [1.807, 2.05) is 18.2 Å². The van der Waals surface area contributed by atoms with Crippen molar-refractivity contribution < 1.29 is 4.84 Å². The van der Waals surface area contributed by atoms with E-state index in [2.05, 4.69) is 29.2 Å². The van der Waals surface area contributed by atoms with Crippen molar-refractivity contribution in [3.63, 3.8) is 0 Å². The highest BCUT2D eigenvalue weighted by Gasteiger charge is 2.12. The average Bonchev–Trinajstić information content (AvgIpc) is 2.29. The van der Waals surface area contributed by atoms with Crippen LogP contribution in [0, 0.1) is 0 Å². The first-order chi connectivity index (χ1) is 6.95. The van der Waals surface area contributed by atoms with Gasteiger partial charge in [0, 0.05) is 12.1 Å². The summed E-state index contributed by atoms with van der Waals surface area (Å²) in [5.74, 6) is 0.905. The first kappa shape index (κ1) is 7.79. The zero-order valence-electron chi connectivity index (χ0n) is 7.58. The molecule has 0 spiro atoms. The Balaban J connectivity index is 2.34. The minimum atomic E-state index is 0.788. The molecule has 0 aliphatic carbocycles. The van der Waals surface area contributed by atoms with Gasteiger partial charge in [0.05, 0.1) is 0 Å². The topological polar surface area (TPSA) is 33.3 Å². The summed E-state index contributed by atoms with van der Waals surface area (Å²) < 4.78 is 0. The molecule has 0 saturated heterocycles. The van der Waals surface area contributed by atoms with Crippen LogP contribution in [0.5, 0.6) is 5.75 Å². The SMILES string of the molecule is c1ccc2c3c(ccc2c1)ONNC3. The van der Waals surface area contributed by atoms with Crippen molar-refractivity contribution in [3.8, 4) is 5.75 Å². The van der Waals surface area contributed by atoms with Gasteiger partial charge in [-0.2, -0.15) is 0 Å². The van der Waals surface area contributed by atoms with Crippen LogP contribution in [0.4, 0.5) is 0 Å². The Morgan fingerprint density at radius 2 is 2.00 bits per heavy atom. The van der Waals surface area contributed by atoms with E-state index >= 15 is 0 Å². The maximum atomic E-state index is 5.27. The number of hydrazine groups is 1. The molecule has 1 aliphatic heterocycles. The van der Waals surface area contributed by atoms with E-state index in [0.717, 1.165) is 12.3 Å². The van der Waals surface area contributed by atoms with Gasteiger partial charge in [0.25, 0.3) is 0 Å². The van der Waals surface area contributed by atoms with E-state index in [-0.39, 0.29) is 0 Å². The normalized spacial score (nSPS) is 14.9. The van der Waals surface area contributed by atoms with Crippen molar-refractivity contribution in [2.45, 2.75) is 6.54 Å². The first-order valence-corrected chi connectivity index (χ1v) is 4.60. The second kappa shape index (κ2) is 2.97. The Hall–Kier alpha value is -1.58. The number of hydrogen-bond acceptors (Lipinski definition) is 3. The lowest BCUT2D eigenvalue weighted by Crippen LogP contribution is -2.38. The fourth-order valence-electron chi connectivity index (χ4n) is 1.81.